The van der Waals surface area contributed by atoms with Gasteiger partial charge in [-0.05, 0) is 19.3 Å². The van der Waals surface area contributed by atoms with Gasteiger partial charge in [-0.2, -0.15) is 0 Å². The van der Waals surface area contributed by atoms with E-state index >= 15 is 0 Å². The van der Waals surface area contributed by atoms with Crippen LogP contribution in [-0.4, -0.2) is 35.2 Å². The van der Waals surface area contributed by atoms with Gasteiger partial charge in [0.05, 0.1) is 6.04 Å². The first-order valence-electron chi connectivity index (χ1n) is 11.7. The van der Waals surface area contributed by atoms with E-state index < -0.39 is 17.9 Å². The number of unbranched alkanes of at least 4 members (excludes halogenated alkanes) is 13. The minimum absolute atomic E-state index is 0.0955. The van der Waals surface area contributed by atoms with Crippen LogP contribution < -0.4 is 11.1 Å². The largest absolute Gasteiger partial charge is 0.481 e. The molecule has 0 radical (unpaired) electrons. The highest BCUT2D eigenvalue weighted by atomic mass is 16.4. The van der Waals surface area contributed by atoms with E-state index in [1.54, 1.807) is 0 Å². The highest BCUT2D eigenvalue weighted by molar-refractivity contribution is 5.80. The second-order valence-electron chi connectivity index (χ2n) is 8.16. The van der Waals surface area contributed by atoms with Crippen molar-refractivity contribution in [3.8, 4) is 0 Å². The number of aliphatic carboxylic acids is 1. The predicted molar refractivity (Wildman–Crippen MR) is 118 cm³/mol. The van der Waals surface area contributed by atoms with Gasteiger partial charge in [-0.15, -0.1) is 0 Å². The number of carbonyl (C=O) groups is 4. The van der Waals surface area contributed by atoms with E-state index in [2.05, 4.69) is 5.32 Å². The fourth-order valence-corrected chi connectivity index (χ4v) is 3.43. The zero-order valence-corrected chi connectivity index (χ0v) is 18.5. The van der Waals surface area contributed by atoms with E-state index in [1.165, 1.54) is 51.4 Å². The Hall–Kier alpha value is -1.92. The molecule has 30 heavy (non-hydrogen) atoms. The number of carboxylic acid groups (broad SMARTS) is 1. The Morgan fingerprint density at radius 2 is 1.10 bits per heavy atom. The van der Waals surface area contributed by atoms with Crippen LogP contribution in [0.3, 0.4) is 0 Å². The van der Waals surface area contributed by atoms with E-state index in [9.17, 15) is 19.2 Å². The summed E-state index contributed by atoms with van der Waals surface area (Å²) in [4.78, 5) is 43.8. The molecule has 0 aliphatic rings. The molecule has 0 unspecified atom stereocenters. The standard InChI is InChI=1S/C23H42N2O5/c24-21(27)18-17-20(19-26)25-22(28)15-13-11-9-7-5-3-1-2-4-6-8-10-12-14-16-23(29)30/h19-20H,1-18H2,(H2,24,27)(H,25,28)(H,29,30)/t20-/m0/s1. The molecule has 2 amide bonds. The molecule has 7 nitrogen and oxygen atoms in total. The maximum Gasteiger partial charge on any atom is 0.303 e. The van der Waals surface area contributed by atoms with Gasteiger partial charge in [0.25, 0.3) is 0 Å². The highest BCUT2D eigenvalue weighted by Gasteiger charge is 2.12. The van der Waals surface area contributed by atoms with Crippen LogP contribution in [0, 0.1) is 0 Å². The molecule has 0 saturated carbocycles. The lowest BCUT2D eigenvalue weighted by Crippen LogP contribution is -2.36. The topological polar surface area (TPSA) is 127 Å². The van der Waals surface area contributed by atoms with Crippen LogP contribution in [-0.2, 0) is 19.2 Å². The van der Waals surface area contributed by atoms with Crippen LogP contribution in [0.4, 0.5) is 0 Å². The highest BCUT2D eigenvalue weighted by Crippen LogP contribution is 2.13. The van der Waals surface area contributed by atoms with Crippen molar-refractivity contribution < 1.29 is 24.3 Å². The number of hydrogen-bond donors (Lipinski definition) is 3. The summed E-state index contributed by atoms with van der Waals surface area (Å²) < 4.78 is 0. The van der Waals surface area contributed by atoms with E-state index in [-0.39, 0.29) is 18.7 Å². The average Bonchev–Trinajstić information content (AvgIpc) is 2.70. The molecule has 0 fully saturated rings. The van der Waals surface area contributed by atoms with Gasteiger partial charge in [-0.3, -0.25) is 14.4 Å². The maximum absolute atomic E-state index is 11.8. The number of hydrogen-bond acceptors (Lipinski definition) is 4. The minimum atomic E-state index is -0.693. The number of amides is 2. The molecule has 0 rings (SSSR count). The van der Waals surface area contributed by atoms with Crippen LogP contribution in [0.15, 0.2) is 0 Å². The molecular formula is C23H42N2O5. The van der Waals surface area contributed by atoms with E-state index in [0.717, 1.165) is 38.5 Å². The van der Waals surface area contributed by atoms with Crippen molar-refractivity contribution in [2.45, 2.75) is 122 Å². The number of nitrogens with two attached hydrogens (primary N) is 1. The predicted octanol–water partition coefficient (Wildman–Crippen LogP) is 4.26. The van der Waals surface area contributed by atoms with Gasteiger partial charge in [0.2, 0.25) is 11.8 Å². The quantitative estimate of drug-likeness (QED) is 0.176. The van der Waals surface area contributed by atoms with Crippen molar-refractivity contribution in [3.63, 3.8) is 0 Å². The Morgan fingerprint density at radius 3 is 1.47 bits per heavy atom. The number of carboxylic acids is 1. The minimum Gasteiger partial charge on any atom is -0.481 e. The number of aldehydes is 1. The molecule has 0 bridgehead atoms. The summed E-state index contributed by atoms with van der Waals surface area (Å²) in [6.45, 7) is 0. The number of nitrogens with one attached hydrogen (secondary N) is 1. The van der Waals surface area contributed by atoms with Crippen molar-refractivity contribution in [2.75, 3.05) is 0 Å². The molecule has 0 aromatic carbocycles. The maximum atomic E-state index is 11.8. The molecular weight excluding hydrogens is 384 g/mol. The molecule has 0 aromatic rings. The lowest BCUT2D eigenvalue weighted by Gasteiger charge is -2.11. The van der Waals surface area contributed by atoms with Crippen LogP contribution in [0.25, 0.3) is 0 Å². The van der Waals surface area contributed by atoms with E-state index in [0.29, 0.717) is 19.1 Å². The molecule has 1 atom stereocenters. The smallest absolute Gasteiger partial charge is 0.303 e. The number of primary amides is 1. The summed E-state index contributed by atoms with van der Waals surface area (Å²) in [6, 6.07) is -0.623. The Kier molecular flexibility index (Phi) is 19.1. The molecule has 7 heteroatoms. The average molecular weight is 427 g/mol. The summed E-state index contributed by atoms with van der Waals surface area (Å²) >= 11 is 0. The normalized spacial score (nSPS) is 11.7. The van der Waals surface area contributed by atoms with Crippen LogP contribution in [0.2, 0.25) is 0 Å². The zero-order valence-electron chi connectivity index (χ0n) is 18.5. The van der Waals surface area contributed by atoms with Crippen molar-refractivity contribution in [3.05, 3.63) is 0 Å². The van der Waals surface area contributed by atoms with E-state index in [4.69, 9.17) is 10.8 Å². The molecule has 0 heterocycles. The third kappa shape index (κ3) is 20.8. The molecule has 0 saturated heterocycles. The summed E-state index contributed by atoms with van der Waals surface area (Å²) in [5, 5.41) is 11.2. The van der Waals surface area contributed by atoms with Crippen LogP contribution >= 0.6 is 0 Å². The van der Waals surface area contributed by atoms with Crippen molar-refractivity contribution >= 4 is 24.1 Å². The lowest BCUT2D eigenvalue weighted by molar-refractivity contribution is -0.137. The first kappa shape index (κ1) is 28.1. The summed E-state index contributed by atoms with van der Waals surface area (Å²) in [7, 11) is 0. The summed E-state index contributed by atoms with van der Waals surface area (Å²) in [5.41, 5.74) is 5.05. The van der Waals surface area contributed by atoms with Gasteiger partial charge >= 0.3 is 5.97 Å². The molecule has 0 aromatic heterocycles. The summed E-state index contributed by atoms with van der Waals surface area (Å²) in [6.07, 6.45) is 17.7. The Balaban J connectivity index is 3.34. The van der Waals surface area contributed by atoms with Crippen LogP contribution in [0.1, 0.15) is 116 Å². The van der Waals surface area contributed by atoms with Crippen molar-refractivity contribution in [2.24, 2.45) is 5.73 Å². The van der Waals surface area contributed by atoms with Gasteiger partial charge < -0.3 is 21.0 Å². The van der Waals surface area contributed by atoms with Crippen LogP contribution in [0.5, 0.6) is 0 Å². The van der Waals surface area contributed by atoms with Gasteiger partial charge in [0.1, 0.15) is 6.29 Å². The SMILES string of the molecule is NC(=O)CC[C@@H](C=O)NC(=O)CCCCCCCCCCCCCCCCC(=O)O. The number of carbonyl (C=O) groups excluding carboxylic acids is 3. The van der Waals surface area contributed by atoms with Gasteiger partial charge in [0, 0.05) is 19.3 Å². The first-order chi connectivity index (χ1) is 14.5. The lowest BCUT2D eigenvalue weighted by atomic mass is 10.0. The Labute approximate surface area is 181 Å². The second-order valence-corrected chi connectivity index (χ2v) is 8.16. The fourth-order valence-electron chi connectivity index (χ4n) is 3.43. The van der Waals surface area contributed by atoms with Gasteiger partial charge in [-0.25, -0.2) is 0 Å². The molecule has 4 N–H and O–H groups in total. The first-order valence-corrected chi connectivity index (χ1v) is 11.7. The third-order valence-electron chi connectivity index (χ3n) is 5.26. The summed E-state index contributed by atoms with van der Waals surface area (Å²) in [5.74, 6) is -1.30. The third-order valence-corrected chi connectivity index (χ3v) is 5.26. The second kappa shape index (κ2) is 20.4. The molecule has 0 aliphatic carbocycles. The Morgan fingerprint density at radius 1 is 0.700 bits per heavy atom. The van der Waals surface area contributed by atoms with Gasteiger partial charge in [0.15, 0.2) is 0 Å². The number of rotatable bonds is 22. The molecule has 174 valence electrons. The fraction of sp³-hybridized carbons (Fsp3) is 0.826. The van der Waals surface area contributed by atoms with Crippen molar-refractivity contribution in [1.29, 1.82) is 0 Å². The molecule has 0 aliphatic heterocycles. The Bertz CT molecular complexity index is 482. The van der Waals surface area contributed by atoms with E-state index in [1.807, 2.05) is 0 Å². The van der Waals surface area contributed by atoms with Gasteiger partial charge in [-0.1, -0.05) is 77.0 Å². The van der Waals surface area contributed by atoms with Crippen molar-refractivity contribution in [1.82, 2.24) is 5.32 Å². The zero-order chi connectivity index (χ0) is 22.5. The monoisotopic (exact) mass is 426 g/mol. The molecule has 0 spiro atoms.